The maximum absolute atomic E-state index is 5.15. The second kappa shape index (κ2) is 8.22. The highest BCUT2D eigenvalue weighted by molar-refractivity contribution is 6.14. The number of hydrogen-bond donors (Lipinski definition) is 0. The van der Waals surface area contributed by atoms with Gasteiger partial charge in [-0.1, -0.05) is 36.4 Å². The van der Waals surface area contributed by atoms with E-state index in [0.29, 0.717) is 13.1 Å². The minimum absolute atomic E-state index is 0.656. The molecule has 0 saturated heterocycles. The van der Waals surface area contributed by atoms with Gasteiger partial charge in [0.15, 0.2) is 0 Å². The zero-order valence-electron chi connectivity index (χ0n) is 18.9. The molecule has 2 aromatic carbocycles. The summed E-state index contributed by atoms with van der Waals surface area (Å²) < 4.78 is 0. The fourth-order valence-corrected chi connectivity index (χ4v) is 4.02. The van der Waals surface area contributed by atoms with Gasteiger partial charge in [-0.05, 0) is 52.5 Å². The predicted octanol–water partition coefficient (Wildman–Crippen LogP) is 4.46. The SMILES string of the molecule is CN(C)C/C1=N/c2cc3ccccc3nc2/C(CN(C)C)=N\c2cc3ccccc3nc21. The molecule has 4 aromatic rings. The van der Waals surface area contributed by atoms with E-state index >= 15 is 0 Å². The van der Waals surface area contributed by atoms with Gasteiger partial charge in [0.1, 0.15) is 11.4 Å². The Balaban J connectivity index is 1.84. The average Bonchev–Trinajstić information content (AvgIpc) is 2.76. The third-order valence-electron chi connectivity index (χ3n) is 5.40. The van der Waals surface area contributed by atoms with Crippen molar-refractivity contribution in [3.8, 4) is 0 Å². The van der Waals surface area contributed by atoms with Gasteiger partial charge < -0.3 is 9.80 Å². The first-order valence-electron chi connectivity index (χ1n) is 10.7. The summed E-state index contributed by atoms with van der Waals surface area (Å²) in [7, 11) is 8.18. The summed E-state index contributed by atoms with van der Waals surface area (Å²) in [4.78, 5) is 24.5. The van der Waals surface area contributed by atoms with Gasteiger partial charge in [-0.25, -0.2) is 20.0 Å². The van der Waals surface area contributed by atoms with Crippen LogP contribution in [0, 0.1) is 0 Å². The number of aromatic nitrogens is 2. The fraction of sp³-hybridized carbons (Fsp3) is 0.231. The Bertz CT molecular complexity index is 1280. The van der Waals surface area contributed by atoms with Crippen molar-refractivity contribution < 1.29 is 0 Å². The summed E-state index contributed by atoms with van der Waals surface area (Å²) in [6.07, 6.45) is 0. The average molecular weight is 423 g/mol. The summed E-state index contributed by atoms with van der Waals surface area (Å²) in [6.45, 7) is 1.31. The highest BCUT2D eigenvalue weighted by Crippen LogP contribution is 2.32. The summed E-state index contributed by atoms with van der Waals surface area (Å²) in [5.74, 6) is 0. The van der Waals surface area contributed by atoms with Crippen LogP contribution in [0.15, 0.2) is 70.6 Å². The lowest BCUT2D eigenvalue weighted by Gasteiger charge is -2.20. The molecule has 0 aliphatic carbocycles. The van der Waals surface area contributed by atoms with Crippen LogP contribution in [0.4, 0.5) is 11.4 Å². The Kier molecular flexibility index (Phi) is 5.25. The van der Waals surface area contributed by atoms with Gasteiger partial charge in [0, 0.05) is 23.9 Å². The number of fused-ring (bicyclic) bond motifs is 4. The lowest BCUT2D eigenvalue weighted by molar-refractivity contribution is 0.469. The highest BCUT2D eigenvalue weighted by atomic mass is 15.1. The molecule has 32 heavy (non-hydrogen) atoms. The molecular formula is C26H26N6. The van der Waals surface area contributed by atoms with Crippen LogP contribution in [0.3, 0.4) is 0 Å². The monoisotopic (exact) mass is 422 g/mol. The van der Waals surface area contributed by atoms with Crippen LogP contribution in [-0.2, 0) is 0 Å². The summed E-state index contributed by atoms with van der Waals surface area (Å²) >= 11 is 0. The van der Waals surface area contributed by atoms with Gasteiger partial charge in [-0.2, -0.15) is 0 Å². The quantitative estimate of drug-likeness (QED) is 0.487. The molecule has 0 atom stereocenters. The maximum atomic E-state index is 5.15. The van der Waals surface area contributed by atoms with Crippen molar-refractivity contribution in [1.29, 1.82) is 0 Å². The minimum Gasteiger partial charge on any atom is -0.303 e. The second-order valence-corrected chi connectivity index (χ2v) is 8.69. The molecule has 2 aromatic heterocycles. The largest absolute Gasteiger partial charge is 0.303 e. The van der Waals surface area contributed by atoms with E-state index in [0.717, 1.165) is 56.0 Å². The topological polar surface area (TPSA) is 57.0 Å². The molecule has 6 nitrogen and oxygen atoms in total. The second-order valence-electron chi connectivity index (χ2n) is 8.69. The molecule has 0 unspecified atom stereocenters. The van der Waals surface area contributed by atoms with Gasteiger partial charge in [0.2, 0.25) is 0 Å². The molecule has 0 radical (unpaired) electrons. The number of hydrogen-bond acceptors (Lipinski definition) is 6. The van der Waals surface area contributed by atoms with Gasteiger partial charge in [-0.15, -0.1) is 0 Å². The highest BCUT2D eigenvalue weighted by Gasteiger charge is 2.22. The Morgan fingerprint density at radius 1 is 0.594 bits per heavy atom. The molecule has 3 heterocycles. The molecular weight excluding hydrogens is 396 g/mol. The lowest BCUT2D eigenvalue weighted by atomic mass is 10.1. The summed E-state index contributed by atoms with van der Waals surface area (Å²) in [5.41, 5.74) is 6.99. The molecule has 160 valence electrons. The van der Waals surface area contributed by atoms with Crippen LogP contribution >= 0.6 is 0 Å². The first kappa shape index (κ1) is 20.4. The Morgan fingerprint density at radius 2 is 1.00 bits per heavy atom. The number of rotatable bonds is 4. The molecule has 0 bridgehead atoms. The van der Waals surface area contributed by atoms with Crippen molar-refractivity contribution in [2.75, 3.05) is 41.3 Å². The molecule has 1 aliphatic rings. The van der Waals surface area contributed by atoms with E-state index in [1.807, 2.05) is 64.6 Å². The Morgan fingerprint density at radius 3 is 1.41 bits per heavy atom. The zero-order chi connectivity index (χ0) is 22.2. The van der Waals surface area contributed by atoms with Crippen molar-refractivity contribution in [2.24, 2.45) is 9.98 Å². The van der Waals surface area contributed by atoms with Crippen LogP contribution in [0.1, 0.15) is 11.4 Å². The molecule has 0 saturated carbocycles. The predicted molar refractivity (Wildman–Crippen MR) is 133 cm³/mol. The number of benzene rings is 2. The maximum Gasteiger partial charge on any atom is 0.112 e. The van der Waals surface area contributed by atoms with Gasteiger partial charge in [0.25, 0.3) is 0 Å². The molecule has 0 N–H and O–H groups in total. The van der Waals surface area contributed by atoms with Crippen LogP contribution in [0.5, 0.6) is 0 Å². The number of nitrogens with zero attached hydrogens (tertiary/aromatic N) is 6. The minimum atomic E-state index is 0.656. The normalized spacial score (nSPS) is 16.8. The number of para-hydroxylation sites is 2. The molecule has 0 amide bonds. The summed E-state index contributed by atoms with van der Waals surface area (Å²) in [6, 6.07) is 20.5. The van der Waals surface area contributed by atoms with E-state index in [1.165, 1.54) is 0 Å². The number of aliphatic imine (C=N–C) groups is 2. The van der Waals surface area contributed by atoms with E-state index < -0.39 is 0 Å². The molecule has 6 heteroatoms. The molecule has 0 fully saturated rings. The smallest absolute Gasteiger partial charge is 0.112 e. The fourth-order valence-electron chi connectivity index (χ4n) is 4.02. The summed E-state index contributed by atoms with van der Waals surface area (Å²) in [5, 5.41) is 2.13. The van der Waals surface area contributed by atoms with E-state index in [2.05, 4.69) is 34.1 Å². The van der Waals surface area contributed by atoms with Crippen LogP contribution < -0.4 is 0 Å². The van der Waals surface area contributed by atoms with Gasteiger partial charge in [0.05, 0.1) is 33.8 Å². The molecule has 5 rings (SSSR count). The Hall–Kier alpha value is -3.48. The van der Waals surface area contributed by atoms with Crippen molar-refractivity contribution in [1.82, 2.24) is 19.8 Å². The van der Waals surface area contributed by atoms with E-state index in [9.17, 15) is 0 Å². The number of pyridine rings is 2. The van der Waals surface area contributed by atoms with Crippen molar-refractivity contribution in [3.63, 3.8) is 0 Å². The van der Waals surface area contributed by atoms with Crippen LogP contribution in [0.25, 0.3) is 21.8 Å². The zero-order valence-corrected chi connectivity index (χ0v) is 18.9. The first-order chi connectivity index (χ1) is 15.5. The van der Waals surface area contributed by atoms with E-state index in [-0.39, 0.29) is 0 Å². The van der Waals surface area contributed by atoms with Crippen molar-refractivity contribution in [2.45, 2.75) is 0 Å². The standard InChI is InChI=1S/C26H26N6/c1-31(2)15-23-25-21(13-17-9-5-7-11-19(17)29-25)28-24(16-32(3)4)26-22(27-23)14-18-10-6-8-12-20(18)30-26/h5-14H,15-16H2,1-4H3/b25-23?,26-24?,27-22?,27-23-,28-21?,28-24-. The number of likely N-dealkylation sites (N-methyl/N-ethyl adjacent to an activating group) is 2. The molecule has 0 spiro atoms. The van der Waals surface area contributed by atoms with Gasteiger partial charge >= 0.3 is 0 Å². The first-order valence-corrected chi connectivity index (χ1v) is 10.7. The third kappa shape index (κ3) is 3.90. The Labute approximate surface area is 188 Å². The van der Waals surface area contributed by atoms with E-state index in [1.54, 1.807) is 0 Å². The van der Waals surface area contributed by atoms with E-state index in [4.69, 9.17) is 20.0 Å². The lowest BCUT2D eigenvalue weighted by Crippen LogP contribution is -2.26. The van der Waals surface area contributed by atoms with Crippen molar-refractivity contribution >= 4 is 44.6 Å². The van der Waals surface area contributed by atoms with Crippen molar-refractivity contribution in [3.05, 3.63) is 72.1 Å². The third-order valence-corrected chi connectivity index (χ3v) is 5.40. The van der Waals surface area contributed by atoms with Crippen LogP contribution in [-0.4, -0.2) is 72.5 Å². The van der Waals surface area contributed by atoms with Gasteiger partial charge in [-0.3, -0.25) is 0 Å². The molecule has 1 aliphatic heterocycles. The van der Waals surface area contributed by atoms with Crippen LogP contribution in [0.2, 0.25) is 0 Å².